The van der Waals surface area contributed by atoms with E-state index in [-0.39, 0.29) is 16.7 Å². The Hall–Kier alpha value is -4.00. The highest BCUT2D eigenvalue weighted by Gasteiger charge is 2.20. The van der Waals surface area contributed by atoms with Crippen molar-refractivity contribution in [3.63, 3.8) is 0 Å². The van der Waals surface area contributed by atoms with Gasteiger partial charge in [-0.1, -0.05) is 70.1 Å². The van der Waals surface area contributed by atoms with E-state index in [0.29, 0.717) is 29.2 Å². The van der Waals surface area contributed by atoms with Gasteiger partial charge in [-0.25, -0.2) is 4.98 Å². The van der Waals surface area contributed by atoms with Gasteiger partial charge < -0.3 is 9.84 Å². The van der Waals surface area contributed by atoms with E-state index in [1.54, 1.807) is 25.4 Å². The second kappa shape index (κ2) is 13.4. The fourth-order valence-electron chi connectivity index (χ4n) is 3.77. The van der Waals surface area contributed by atoms with Crippen LogP contribution in [0.15, 0.2) is 78.0 Å². The SMILES string of the molecule is C=C(Oc1ccc(/C(C=NC)=C/C)nc1-c1ccc(C#CP(C)C(=O)c2cc(O)ccc2CC)cc1)C(C)(C)C. The number of aromatic hydroxyl groups is 1. The molecule has 1 atom stereocenters. The lowest BCUT2D eigenvalue weighted by Crippen LogP contribution is -2.14. The smallest absolute Gasteiger partial charge is 0.196 e. The number of pyridine rings is 1. The Morgan fingerprint density at radius 1 is 1.15 bits per heavy atom. The molecule has 0 aliphatic heterocycles. The van der Waals surface area contributed by atoms with Gasteiger partial charge in [-0.2, -0.15) is 0 Å². The quantitative estimate of drug-likeness (QED) is 0.132. The van der Waals surface area contributed by atoms with E-state index in [9.17, 15) is 9.90 Å². The number of hydrogen-bond acceptors (Lipinski definition) is 5. The fourth-order valence-corrected chi connectivity index (χ4v) is 4.74. The summed E-state index contributed by atoms with van der Waals surface area (Å²) in [6, 6.07) is 16.5. The molecule has 0 amide bonds. The van der Waals surface area contributed by atoms with Crippen LogP contribution in [0, 0.1) is 17.0 Å². The number of aryl methyl sites for hydroxylation is 1. The summed E-state index contributed by atoms with van der Waals surface area (Å²) < 4.78 is 6.21. The molecule has 0 aliphatic rings. The highest BCUT2D eigenvalue weighted by atomic mass is 31.1. The van der Waals surface area contributed by atoms with Crippen molar-refractivity contribution in [3.8, 4) is 34.3 Å². The number of nitrogens with zero attached hydrogens (tertiary/aromatic N) is 2. The monoisotopic (exact) mass is 552 g/mol. The molecule has 206 valence electrons. The van der Waals surface area contributed by atoms with Crippen molar-refractivity contribution < 1.29 is 14.6 Å². The lowest BCUT2D eigenvalue weighted by molar-refractivity contribution is 0.108. The van der Waals surface area contributed by atoms with E-state index in [2.05, 4.69) is 43.9 Å². The highest BCUT2D eigenvalue weighted by Crippen LogP contribution is 2.37. The number of phenols is 1. The van der Waals surface area contributed by atoms with Gasteiger partial charge in [0.15, 0.2) is 11.3 Å². The van der Waals surface area contributed by atoms with Gasteiger partial charge in [0.05, 0.1) is 5.69 Å². The van der Waals surface area contributed by atoms with E-state index >= 15 is 0 Å². The van der Waals surface area contributed by atoms with Gasteiger partial charge in [0.25, 0.3) is 0 Å². The molecule has 0 spiro atoms. The van der Waals surface area contributed by atoms with Crippen LogP contribution in [0.2, 0.25) is 0 Å². The van der Waals surface area contributed by atoms with Crippen LogP contribution in [-0.2, 0) is 6.42 Å². The second-order valence-corrected chi connectivity index (χ2v) is 12.1. The Bertz CT molecular complexity index is 1520. The molecule has 3 aromatic rings. The van der Waals surface area contributed by atoms with E-state index < -0.39 is 7.92 Å². The molecule has 1 unspecified atom stereocenters. The van der Waals surface area contributed by atoms with Crippen molar-refractivity contribution in [2.45, 2.75) is 41.0 Å². The number of carbonyl (C=O) groups is 1. The first kappa shape index (κ1) is 30.5. The second-order valence-electron chi connectivity index (χ2n) is 10.3. The Labute approximate surface area is 239 Å². The van der Waals surface area contributed by atoms with Crippen molar-refractivity contribution in [1.29, 1.82) is 0 Å². The van der Waals surface area contributed by atoms with E-state index in [4.69, 9.17) is 9.72 Å². The van der Waals surface area contributed by atoms with E-state index in [0.717, 1.165) is 28.0 Å². The summed E-state index contributed by atoms with van der Waals surface area (Å²) >= 11 is 0. The number of allylic oxidation sites excluding steroid dienone is 3. The molecule has 0 bridgehead atoms. The van der Waals surface area contributed by atoms with Crippen molar-refractivity contribution in [2.24, 2.45) is 10.4 Å². The molecule has 2 aromatic carbocycles. The minimum atomic E-state index is -1.24. The first-order valence-electron chi connectivity index (χ1n) is 13.2. The van der Waals surface area contributed by atoms with Gasteiger partial charge in [-0.15, -0.1) is 0 Å². The zero-order chi connectivity index (χ0) is 29.4. The minimum absolute atomic E-state index is 0.0378. The summed E-state index contributed by atoms with van der Waals surface area (Å²) in [4.78, 5) is 22.1. The Kier molecular flexibility index (Phi) is 10.2. The van der Waals surface area contributed by atoms with Gasteiger partial charge >= 0.3 is 0 Å². The van der Waals surface area contributed by atoms with Crippen molar-refractivity contribution in [1.82, 2.24) is 4.98 Å². The zero-order valence-electron chi connectivity index (χ0n) is 24.4. The first-order valence-corrected chi connectivity index (χ1v) is 15.0. The summed E-state index contributed by atoms with van der Waals surface area (Å²) in [5, 5.41) is 9.88. The number of carbonyl (C=O) groups excluding carboxylic acids is 1. The molecule has 0 saturated carbocycles. The molecule has 0 radical (unpaired) electrons. The molecule has 0 aliphatic carbocycles. The number of phenolic OH excluding ortho intramolecular Hbond substituents is 1. The lowest BCUT2D eigenvalue weighted by Gasteiger charge is -2.23. The maximum Gasteiger partial charge on any atom is 0.196 e. The summed E-state index contributed by atoms with van der Waals surface area (Å²) in [7, 11) is 0.490. The number of aromatic nitrogens is 1. The van der Waals surface area contributed by atoms with Crippen LogP contribution >= 0.6 is 7.92 Å². The summed E-state index contributed by atoms with van der Waals surface area (Å²) in [5.41, 5.74) is 8.38. The third-order valence-electron chi connectivity index (χ3n) is 6.34. The number of aliphatic imine (C=N–C) groups is 1. The molecular weight excluding hydrogens is 515 g/mol. The van der Waals surface area contributed by atoms with Gasteiger partial charge in [0.2, 0.25) is 0 Å². The van der Waals surface area contributed by atoms with Gasteiger partial charge in [0.1, 0.15) is 17.2 Å². The molecule has 3 rings (SSSR count). The molecule has 40 heavy (non-hydrogen) atoms. The predicted octanol–water partition coefficient (Wildman–Crippen LogP) is 8.32. The third kappa shape index (κ3) is 7.56. The number of ether oxygens (including phenoxy) is 1. The molecular formula is C34H37N2O3P. The van der Waals surface area contributed by atoms with Crippen molar-refractivity contribution >= 4 is 25.2 Å². The van der Waals surface area contributed by atoms with Gasteiger partial charge in [0, 0.05) is 48.9 Å². The minimum Gasteiger partial charge on any atom is -0.508 e. The van der Waals surface area contributed by atoms with E-state index in [1.807, 2.05) is 63.0 Å². The average Bonchev–Trinajstić information content (AvgIpc) is 2.94. The normalized spacial score (nSPS) is 12.5. The average molecular weight is 553 g/mol. The molecule has 0 saturated heterocycles. The fraction of sp³-hybridized carbons (Fsp3) is 0.265. The highest BCUT2D eigenvalue weighted by molar-refractivity contribution is 7.79. The standard InChI is InChI=1S/C34H37N2O3P/c1-9-25-15-16-28(37)21-29(25)33(38)40(8)20-19-24-11-13-27(14-12-24)32-31(39-23(3)34(4,5)6)18-17-30(36-32)26(10-2)22-35-7/h10-18,21-22,37H,3,9H2,1-2,4-8H3/b26-10+,35-22?. The van der Waals surface area contributed by atoms with Gasteiger partial charge in [-0.3, -0.25) is 9.79 Å². The Balaban J connectivity index is 1.94. The first-order chi connectivity index (χ1) is 19.0. The molecule has 1 heterocycles. The molecule has 0 fully saturated rings. The number of rotatable bonds is 8. The summed E-state index contributed by atoms with van der Waals surface area (Å²) in [6.07, 6.45) is 4.46. The third-order valence-corrected chi connectivity index (χ3v) is 7.64. The largest absolute Gasteiger partial charge is 0.508 e. The molecule has 5 nitrogen and oxygen atoms in total. The van der Waals surface area contributed by atoms with Gasteiger partial charge in [-0.05, 0) is 62.0 Å². The Morgan fingerprint density at radius 2 is 1.85 bits per heavy atom. The lowest BCUT2D eigenvalue weighted by atomic mass is 9.95. The number of hydrogen-bond donors (Lipinski definition) is 1. The zero-order valence-corrected chi connectivity index (χ0v) is 25.3. The topological polar surface area (TPSA) is 71.8 Å². The summed E-state index contributed by atoms with van der Waals surface area (Å²) in [5.74, 6) is 4.50. The van der Waals surface area contributed by atoms with Crippen LogP contribution in [0.4, 0.5) is 0 Å². The van der Waals surface area contributed by atoms with Crippen molar-refractivity contribution in [2.75, 3.05) is 13.7 Å². The van der Waals surface area contributed by atoms with Crippen LogP contribution in [0.5, 0.6) is 11.5 Å². The summed E-state index contributed by atoms with van der Waals surface area (Å²) in [6.45, 7) is 16.1. The van der Waals surface area contributed by atoms with E-state index in [1.165, 1.54) is 6.07 Å². The van der Waals surface area contributed by atoms with Crippen LogP contribution in [0.1, 0.15) is 61.8 Å². The van der Waals surface area contributed by atoms with Crippen LogP contribution < -0.4 is 4.74 Å². The van der Waals surface area contributed by atoms with Crippen LogP contribution in [0.25, 0.3) is 16.8 Å². The maximum absolute atomic E-state index is 13.1. The molecule has 1 N–H and O–H groups in total. The van der Waals surface area contributed by atoms with Crippen LogP contribution in [-0.4, -0.2) is 35.5 Å². The maximum atomic E-state index is 13.1. The molecule has 1 aromatic heterocycles. The van der Waals surface area contributed by atoms with Crippen molar-refractivity contribution in [3.05, 3.63) is 95.4 Å². The predicted molar refractivity (Wildman–Crippen MR) is 169 cm³/mol. The number of benzene rings is 2. The molecule has 6 heteroatoms. The Morgan fingerprint density at radius 3 is 2.45 bits per heavy atom. The van der Waals surface area contributed by atoms with Crippen LogP contribution in [0.3, 0.4) is 0 Å².